The van der Waals surface area contributed by atoms with Crippen molar-refractivity contribution in [3.63, 3.8) is 0 Å². The summed E-state index contributed by atoms with van der Waals surface area (Å²) in [6, 6.07) is 3.18. The Morgan fingerprint density at radius 3 is 2.67 bits per heavy atom. The minimum absolute atomic E-state index is 0.0478. The van der Waals surface area contributed by atoms with E-state index in [2.05, 4.69) is 4.98 Å². The zero-order chi connectivity index (χ0) is 13.7. The summed E-state index contributed by atoms with van der Waals surface area (Å²) < 4.78 is 4.88. The number of aromatic nitrogens is 1. The van der Waals surface area contributed by atoms with E-state index >= 15 is 0 Å². The van der Waals surface area contributed by atoms with Crippen LogP contribution >= 0.6 is 11.6 Å². The molecule has 0 aliphatic carbocycles. The van der Waals surface area contributed by atoms with Gasteiger partial charge < -0.3 is 10.5 Å². The number of hydrogen-bond acceptors (Lipinski definition) is 6. The SMILES string of the molecule is CCOC(=O)/C(=C(\C)N)N(N)c1ccc(Cl)cn1. The zero-order valence-corrected chi connectivity index (χ0v) is 10.9. The fraction of sp³-hybridized carbons (Fsp3) is 0.273. The molecule has 1 rings (SSSR count). The second kappa shape index (κ2) is 6.23. The highest BCUT2D eigenvalue weighted by atomic mass is 35.5. The van der Waals surface area contributed by atoms with Gasteiger partial charge in [0.15, 0.2) is 5.70 Å². The molecular formula is C11H15ClN4O2. The molecule has 18 heavy (non-hydrogen) atoms. The molecule has 1 aromatic rings. The molecule has 0 aliphatic heterocycles. The van der Waals surface area contributed by atoms with Gasteiger partial charge in [-0.1, -0.05) is 11.6 Å². The van der Waals surface area contributed by atoms with Crippen LogP contribution in [0.3, 0.4) is 0 Å². The average molecular weight is 271 g/mol. The minimum Gasteiger partial charge on any atom is -0.461 e. The second-order valence-corrected chi connectivity index (χ2v) is 3.89. The van der Waals surface area contributed by atoms with E-state index in [4.69, 9.17) is 27.9 Å². The lowest BCUT2D eigenvalue weighted by atomic mass is 10.3. The first kappa shape index (κ1) is 14.3. The summed E-state index contributed by atoms with van der Waals surface area (Å²) in [5, 5.41) is 1.54. The van der Waals surface area contributed by atoms with Crippen molar-refractivity contribution >= 4 is 23.4 Å². The van der Waals surface area contributed by atoms with Crippen molar-refractivity contribution < 1.29 is 9.53 Å². The van der Waals surface area contributed by atoms with Crippen molar-refractivity contribution in [3.05, 3.63) is 34.7 Å². The lowest BCUT2D eigenvalue weighted by molar-refractivity contribution is -0.138. The Bertz CT molecular complexity index is 455. The molecule has 0 bridgehead atoms. The lowest BCUT2D eigenvalue weighted by Gasteiger charge is -2.20. The number of hydrazine groups is 1. The molecule has 0 spiro atoms. The first-order valence-electron chi connectivity index (χ1n) is 5.27. The van der Waals surface area contributed by atoms with Crippen molar-refractivity contribution in [2.75, 3.05) is 11.6 Å². The maximum Gasteiger partial charge on any atom is 0.358 e. The van der Waals surface area contributed by atoms with Crippen LogP contribution in [-0.2, 0) is 9.53 Å². The molecule has 0 aliphatic rings. The normalized spacial score (nSPS) is 11.8. The molecule has 0 unspecified atom stereocenters. The fourth-order valence-electron chi connectivity index (χ4n) is 1.27. The van der Waals surface area contributed by atoms with Gasteiger partial charge in [-0.05, 0) is 26.0 Å². The van der Waals surface area contributed by atoms with Crippen molar-refractivity contribution in [2.45, 2.75) is 13.8 Å². The van der Waals surface area contributed by atoms with Gasteiger partial charge in [-0.3, -0.25) is 5.01 Å². The number of pyridine rings is 1. The first-order chi connectivity index (χ1) is 8.47. The largest absolute Gasteiger partial charge is 0.461 e. The fourth-order valence-corrected chi connectivity index (χ4v) is 1.39. The molecule has 0 amide bonds. The van der Waals surface area contributed by atoms with E-state index in [9.17, 15) is 4.79 Å². The van der Waals surface area contributed by atoms with Crippen molar-refractivity contribution in [2.24, 2.45) is 11.6 Å². The predicted molar refractivity (Wildman–Crippen MR) is 69.4 cm³/mol. The predicted octanol–water partition coefficient (Wildman–Crippen LogP) is 1.17. The molecule has 0 atom stereocenters. The summed E-state index contributed by atoms with van der Waals surface area (Å²) in [5.74, 6) is 5.55. The zero-order valence-electron chi connectivity index (χ0n) is 10.2. The third-order valence-corrected chi connectivity index (χ3v) is 2.27. The highest BCUT2D eigenvalue weighted by Crippen LogP contribution is 2.17. The topological polar surface area (TPSA) is 94.5 Å². The number of allylic oxidation sites excluding steroid dienone is 1. The van der Waals surface area contributed by atoms with Crippen LogP contribution in [0.4, 0.5) is 5.82 Å². The molecule has 0 aromatic carbocycles. The van der Waals surface area contributed by atoms with Crippen LogP contribution in [0.5, 0.6) is 0 Å². The number of ether oxygens (including phenoxy) is 1. The Kier molecular flexibility index (Phi) is 4.94. The van der Waals surface area contributed by atoms with E-state index in [-0.39, 0.29) is 18.0 Å². The summed E-state index contributed by atoms with van der Waals surface area (Å²) in [7, 11) is 0. The monoisotopic (exact) mass is 270 g/mol. The maximum atomic E-state index is 11.7. The molecule has 0 radical (unpaired) electrons. The lowest BCUT2D eigenvalue weighted by Crippen LogP contribution is -2.37. The number of carbonyl (C=O) groups excluding carboxylic acids is 1. The number of rotatable bonds is 4. The molecule has 0 fully saturated rings. The number of anilines is 1. The van der Waals surface area contributed by atoms with Gasteiger partial charge in [0.1, 0.15) is 5.82 Å². The summed E-state index contributed by atoms with van der Waals surface area (Å²) in [6.45, 7) is 3.49. The molecule has 1 heterocycles. The van der Waals surface area contributed by atoms with Crippen LogP contribution in [0.1, 0.15) is 13.8 Å². The number of halogens is 1. The Morgan fingerprint density at radius 2 is 2.22 bits per heavy atom. The summed E-state index contributed by atoms with van der Waals surface area (Å²) in [5.41, 5.74) is 5.93. The van der Waals surface area contributed by atoms with E-state index in [1.54, 1.807) is 26.0 Å². The summed E-state index contributed by atoms with van der Waals surface area (Å²) in [6.07, 6.45) is 1.42. The van der Waals surface area contributed by atoms with Crippen molar-refractivity contribution in [1.82, 2.24) is 4.98 Å². The van der Waals surface area contributed by atoms with Gasteiger partial charge in [-0.15, -0.1) is 0 Å². The number of esters is 1. The average Bonchev–Trinajstić information content (AvgIpc) is 2.29. The molecule has 7 heteroatoms. The van der Waals surface area contributed by atoms with Gasteiger partial charge in [-0.25, -0.2) is 15.6 Å². The number of nitrogens with zero attached hydrogens (tertiary/aromatic N) is 2. The van der Waals surface area contributed by atoms with E-state index in [1.807, 2.05) is 0 Å². The standard InChI is InChI=1S/C11H15ClN4O2/c1-3-18-11(17)10(7(2)13)16(14)9-5-4-8(12)6-15-9/h4-6H,3,13-14H2,1-2H3/b10-7-. The van der Waals surface area contributed by atoms with E-state index in [0.29, 0.717) is 10.8 Å². The quantitative estimate of drug-likeness (QED) is 0.369. The van der Waals surface area contributed by atoms with Crippen LogP contribution in [-0.4, -0.2) is 17.6 Å². The Morgan fingerprint density at radius 1 is 1.56 bits per heavy atom. The highest BCUT2D eigenvalue weighted by molar-refractivity contribution is 6.30. The maximum absolute atomic E-state index is 11.7. The van der Waals surface area contributed by atoms with Crippen LogP contribution < -0.4 is 16.6 Å². The number of nitrogens with two attached hydrogens (primary N) is 2. The van der Waals surface area contributed by atoms with E-state index in [0.717, 1.165) is 5.01 Å². The molecule has 0 saturated heterocycles. The summed E-state index contributed by atoms with van der Waals surface area (Å²) in [4.78, 5) is 15.7. The summed E-state index contributed by atoms with van der Waals surface area (Å²) >= 11 is 5.72. The first-order valence-corrected chi connectivity index (χ1v) is 5.65. The van der Waals surface area contributed by atoms with Crippen molar-refractivity contribution in [1.29, 1.82) is 0 Å². The third-order valence-electron chi connectivity index (χ3n) is 2.04. The van der Waals surface area contributed by atoms with Gasteiger partial charge in [0, 0.05) is 11.9 Å². The van der Waals surface area contributed by atoms with Gasteiger partial charge in [0.05, 0.1) is 11.6 Å². The molecule has 98 valence electrons. The molecule has 0 saturated carbocycles. The minimum atomic E-state index is -0.600. The Labute approximate surface area is 110 Å². The van der Waals surface area contributed by atoms with Crippen LogP contribution in [0.15, 0.2) is 29.7 Å². The molecule has 6 nitrogen and oxygen atoms in total. The van der Waals surface area contributed by atoms with Gasteiger partial charge in [0.25, 0.3) is 0 Å². The van der Waals surface area contributed by atoms with Crippen LogP contribution in [0.25, 0.3) is 0 Å². The smallest absolute Gasteiger partial charge is 0.358 e. The molecular weight excluding hydrogens is 256 g/mol. The Balaban J connectivity index is 3.05. The van der Waals surface area contributed by atoms with Crippen LogP contribution in [0, 0.1) is 0 Å². The number of carbonyl (C=O) groups is 1. The molecule has 1 aromatic heterocycles. The second-order valence-electron chi connectivity index (χ2n) is 3.46. The van der Waals surface area contributed by atoms with Gasteiger partial charge in [0.2, 0.25) is 0 Å². The van der Waals surface area contributed by atoms with Gasteiger partial charge >= 0.3 is 5.97 Å². The van der Waals surface area contributed by atoms with E-state index in [1.165, 1.54) is 6.20 Å². The Hall–Kier alpha value is -1.79. The van der Waals surface area contributed by atoms with Crippen molar-refractivity contribution in [3.8, 4) is 0 Å². The molecule has 4 N–H and O–H groups in total. The highest BCUT2D eigenvalue weighted by Gasteiger charge is 2.20. The van der Waals surface area contributed by atoms with Gasteiger partial charge in [-0.2, -0.15) is 0 Å². The number of hydrogen-bond donors (Lipinski definition) is 2. The van der Waals surface area contributed by atoms with E-state index < -0.39 is 5.97 Å². The van der Waals surface area contributed by atoms with Crippen LogP contribution in [0.2, 0.25) is 5.02 Å². The third kappa shape index (κ3) is 3.35.